The maximum atomic E-state index is 12.2. The number of rotatable bonds is 3. The second kappa shape index (κ2) is 5.79. The first kappa shape index (κ1) is 14.1. The van der Waals surface area contributed by atoms with Gasteiger partial charge in [0.05, 0.1) is 0 Å². The minimum Gasteiger partial charge on any atom is -0.341 e. The maximum Gasteiger partial charge on any atom is 0.222 e. The topological polar surface area (TPSA) is 32.3 Å². The third-order valence-corrected chi connectivity index (χ3v) is 5.27. The van der Waals surface area contributed by atoms with E-state index in [-0.39, 0.29) is 12.4 Å². The van der Waals surface area contributed by atoms with Gasteiger partial charge >= 0.3 is 0 Å². The van der Waals surface area contributed by atoms with Crippen LogP contribution in [0.25, 0.3) is 0 Å². The Labute approximate surface area is 116 Å². The molecule has 2 saturated carbocycles. The Bertz CT molecular complexity index is 310. The Morgan fingerprint density at radius 3 is 2.67 bits per heavy atom. The number of hydrogen-bond donors (Lipinski definition) is 1. The standard InChI is InChI=1S/C14H24N2O.ClH/c1-15-13-4-5-16(9-13)14(17)8-12-7-10-2-3-11(12)6-10;/h10-13,15H,2-9H2,1H3;1H. The third kappa shape index (κ3) is 2.67. The van der Waals surface area contributed by atoms with E-state index in [4.69, 9.17) is 0 Å². The molecule has 0 aromatic rings. The summed E-state index contributed by atoms with van der Waals surface area (Å²) in [5, 5.41) is 3.28. The van der Waals surface area contributed by atoms with Crippen molar-refractivity contribution >= 4 is 18.3 Å². The second-order valence-corrected chi connectivity index (χ2v) is 6.25. The van der Waals surface area contributed by atoms with Gasteiger partial charge in [-0.05, 0) is 50.5 Å². The van der Waals surface area contributed by atoms with Crippen molar-refractivity contribution in [3.8, 4) is 0 Å². The van der Waals surface area contributed by atoms with E-state index >= 15 is 0 Å². The van der Waals surface area contributed by atoms with Gasteiger partial charge in [-0.2, -0.15) is 0 Å². The normalized spacial score (nSPS) is 37.9. The molecule has 1 aliphatic heterocycles. The van der Waals surface area contributed by atoms with Crippen LogP contribution in [0.15, 0.2) is 0 Å². The van der Waals surface area contributed by atoms with E-state index in [0.717, 1.165) is 43.7 Å². The summed E-state index contributed by atoms with van der Waals surface area (Å²) in [4.78, 5) is 14.3. The molecule has 1 heterocycles. The van der Waals surface area contributed by atoms with E-state index in [1.54, 1.807) is 0 Å². The molecule has 3 nitrogen and oxygen atoms in total. The van der Waals surface area contributed by atoms with Crippen LogP contribution in [0.2, 0.25) is 0 Å². The number of likely N-dealkylation sites (tertiary alicyclic amines) is 1. The number of carbonyl (C=O) groups excluding carboxylic acids is 1. The Morgan fingerprint density at radius 1 is 1.28 bits per heavy atom. The number of nitrogens with one attached hydrogen (secondary N) is 1. The van der Waals surface area contributed by atoms with Crippen LogP contribution in [0.4, 0.5) is 0 Å². The molecule has 4 unspecified atom stereocenters. The summed E-state index contributed by atoms with van der Waals surface area (Å²) in [7, 11) is 1.99. The number of amides is 1. The highest BCUT2D eigenvalue weighted by Crippen LogP contribution is 2.49. The van der Waals surface area contributed by atoms with E-state index in [0.29, 0.717) is 11.9 Å². The Morgan fingerprint density at radius 2 is 2.11 bits per heavy atom. The van der Waals surface area contributed by atoms with Gasteiger partial charge < -0.3 is 10.2 Å². The van der Waals surface area contributed by atoms with E-state index in [1.807, 2.05) is 7.05 Å². The predicted octanol–water partition coefficient (Wildman–Crippen LogP) is 2.05. The fourth-order valence-corrected chi connectivity index (χ4v) is 4.20. The van der Waals surface area contributed by atoms with E-state index < -0.39 is 0 Å². The molecule has 104 valence electrons. The van der Waals surface area contributed by atoms with Crippen molar-refractivity contribution in [2.75, 3.05) is 20.1 Å². The van der Waals surface area contributed by atoms with Crippen LogP contribution >= 0.6 is 12.4 Å². The van der Waals surface area contributed by atoms with Crippen molar-refractivity contribution in [2.24, 2.45) is 17.8 Å². The lowest BCUT2D eigenvalue weighted by Gasteiger charge is -2.24. The lowest BCUT2D eigenvalue weighted by molar-refractivity contribution is -0.131. The molecule has 1 saturated heterocycles. The molecule has 4 atom stereocenters. The number of nitrogens with zero attached hydrogens (tertiary/aromatic N) is 1. The number of fused-ring (bicyclic) bond motifs is 2. The van der Waals surface area contributed by atoms with E-state index in [2.05, 4.69) is 10.2 Å². The van der Waals surface area contributed by atoms with Gasteiger partial charge in [-0.3, -0.25) is 4.79 Å². The molecule has 0 aromatic heterocycles. The summed E-state index contributed by atoms with van der Waals surface area (Å²) in [5.41, 5.74) is 0. The minimum atomic E-state index is 0. The van der Waals surface area contributed by atoms with Gasteiger partial charge in [0.15, 0.2) is 0 Å². The van der Waals surface area contributed by atoms with Crippen LogP contribution in [-0.4, -0.2) is 37.0 Å². The van der Waals surface area contributed by atoms with Gasteiger partial charge in [0.1, 0.15) is 0 Å². The molecule has 18 heavy (non-hydrogen) atoms. The van der Waals surface area contributed by atoms with Crippen LogP contribution in [0.1, 0.15) is 38.5 Å². The van der Waals surface area contributed by atoms with Crippen LogP contribution in [0.3, 0.4) is 0 Å². The van der Waals surface area contributed by atoms with Crippen molar-refractivity contribution in [2.45, 2.75) is 44.6 Å². The molecule has 2 bridgehead atoms. The number of halogens is 1. The van der Waals surface area contributed by atoms with Gasteiger partial charge in [0.2, 0.25) is 5.91 Å². The van der Waals surface area contributed by atoms with Crippen LogP contribution in [-0.2, 0) is 4.79 Å². The molecular weight excluding hydrogens is 248 g/mol. The van der Waals surface area contributed by atoms with Gasteiger partial charge in [-0.15, -0.1) is 12.4 Å². The molecular formula is C14H25ClN2O. The summed E-state index contributed by atoms with van der Waals surface area (Å²) in [6.45, 7) is 1.89. The average Bonchev–Trinajstić information content (AvgIpc) is 3.04. The summed E-state index contributed by atoms with van der Waals surface area (Å²) in [6, 6.07) is 0.527. The highest BCUT2D eigenvalue weighted by atomic mass is 35.5. The summed E-state index contributed by atoms with van der Waals surface area (Å²) >= 11 is 0. The highest BCUT2D eigenvalue weighted by Gasteiger charge is 2.41. The van der Waals surface area contributed by atoms with Crippen molar-refractivity contribution < 1.29 is 4.79 Å². The largest absolute Gasteiger partial charge is 0.341 e. The molecule has 0 aromatic carbocycles. The van der Waals surface area contributed by atoms with Gasteiger partial charge in [0, 0.05) is 25.6 Å². The zero-order valence-electron chi connectivity index (χ0n) is 11.2. The van der Waals surface area contributed by atoms with Gasteiger partial charge in [-0.25, -0.2) is 0 Å². The summed E-state index contributed by atoms with van der Waals surface area (Å²) in [6.07, 6.45) is 7.52. The minimum absolute atomic E-state index is 0. The SMILES string of the molecule is CNC1CCN(C(=O)CC2CC3CCC2C3)C1.Cl. The monoisotopic (exact) mass is 272 g/mol. The van der Waals surface area contributed by atoms with Gasteiger partial charge in [-0.1, -0.05) is 6.42 Å². The first-order chi connectivity index (χ1) is 8.26. The first-order valence-electron chi connectivity index (χ1n) is 7.21. The summed E-state index contributed by atoms with van der Waals surface area (Å²) in [5.74, 6) is 2.98. The van der Waals surface area contributed by atoms with Crippen molar-refractivity contribution in [1.82, 2.24) is 10.2 Å². The number of likely N-dealkylation sites (N-methyl/N-ethyl adjacent to an activating group) is 1. The maximum absolute atomic E-state index is 12.2. The molecule has 3 fully saturated rings. The Balaban J connectivity index is 0.00000120. The predicted molar refractivity (Wildman–Crippen MR) is 74.8 cm³/mol. The van der Waals surface area contributed by atoms with Crippen molar-refractivity contribution in [1.29, 1.82) is 0 Å². The Kier molecular flexibility index (Phi) is 4.54. The lowest BCUT2D eigenvalue weighted by Crippen LogP contribution is -2.34. The van der Waals surface area contributed by atoms with Crippen LogP contribution < -0.4 is 5.32 Å². The van der Waals surface area contributed by atoms with E-state index in [1.165, 1.54) is 25.7 Å². The summed E-state index contributed by atoms with van der Waals surface area (Å²) < 4.78 is 0. The molecule has 1 amide bonds. The molecule has 1 N–H and O–H groups in total. The van der Waals surface area contributed by atoms with Gasteiger partial charge in [0.25, 0.3) is 0 Å². The Hall–Kier alpha value is -0.280. The molecule has 3 rings (SSSR count). The molecule has 0 spiro atoms. The number of carbonyl (C=O) groups is 1. The third-order valence-electron chi connectivity index (χ3n) is 5.27. The average molecular weight is 273 g/mol. The molecule has 4 heteroatoms. The molecule has 0 radical (unpaired) electrons. The zero-order valence-corrected chi connectivity index (χ0v) is 12.0. The molecule has 3 aliphatic rings. The zero-order chi connectivity index (χ0) is 11.8. The van der Waals surface area contributed by atoms with Crippen molar-refractivity contribution in [3.63, 3.8) is 0 Å². The van der Waals surface area contributed by atoms with Crippen LogP contribution in [0, 0.1) is 17.8 Å². The fraction of sp³-hybridized carbons (Fsp3) is 0.929. The van der Waals surface area contributed by atoms with E-state index in [9.17, 15) is 4.79 Å². The molecule has 2 aliphatic carbocycles. The quantitative estimate of drug-likeness (QED) is 0.853. The first-order valence-corrected chi connectivity index (χ1v) is 7.21. The highest BCUT2D eigenvalue weighted by molar-refractivity contribution is 5.85. The van der Waals surface area contributed by atoms with Crippen molar-refractivity contribution in [3.05, 3.63) is 0 Å². The fourth-order valence-electron chi connectivity index (χ4n) is 4.20. The second-order valence-electron chi connectivity index (χ2n) is 6.25. The van der Waals surface area contributed by atoms with Crippen LogP contribution in [0.5, 0.6) is 0 Å². The lowest BCUT2D eigenvalue weighted by atomic mass is 9.86. The smallest absolute Gasteiger partial charge is 0.222 e. The number of hydrogen-bond acceptors (Lipinski definition) is 2.